The number of hydrogen-bond acceptors (Lipinski definition) is 1. The first-order valence-electron chi connectivity index (χ1n) is 5.78. The van der Waals surface area contributed by atoms with Crippen LogP contribution < -0.4 is 5.32 Å². The molecule has 0 heterocycles. The van der Waals surface area contributed by atoms with Crippen molar-refractivity contribution in [2.45, 2.75) is 31.7 Å². The van der Waals surface area contributed by atoms with Gasteiger partial charge in [0.2, 0.25) is 0 Å². The summed E-state index contributed by atoms with van der Waals surface area (Å²) in [5.41, 5.74) is 2.83. The zero-order chi connectivity index (χ0) is 11.5. The molecule has 0 atom stereocenters. The lowest BCUT2D eigenvalue weighted by atomic mass is 9.76. The van der Waals surface area contributed by atoms with Crippen LogP contribution >= 0.6 is 15.9 Å². The second kappa shape index (κ2) is 5.15. The summed E-state index contributed by atoms with van der Waals surface area (Å²) >= 11 is 3.37. The fourth-order valence-corrected chi connectivity index (χ4v) is 2.31. The molecule has 1 saturated carbocycles. The highest BCUT2D eigenvalue weighted by Crippen LogP contribution is 2.36. The van der Waals surface area contributed by atoms with Crippen molar-refractivity contribution in [1.82, 2.24) is 5.32 Å². The molecule has 0 aliphatic heterocycles. The van der Waals surface area contributed by atoms with Crippen LogP contribution in [0.3, 0.4) is 0 Å². The van der Waals surface area contributed by atoms with E-state index in [9.17, 15) is 0 Å². The van der Waals surface area contributed by atoms with Gasteiger partial charge in [-0.05, 0) is 31.2 Å². The Morgan fingerprint density at radius 3 is 2.56 bits per heavy atom. The summed E-state index contributed by atoms with van der Waals surface area (Å²) < 4.78 is 1.03. The Kier molecular flexibility index (Phi) is 3.82. The fourth-order valence-electron chi connectivity index (χ4n) is 2.15. The van der Waals surface area contributed by atoms with Gasteiger partial charge in [-0.2, -0.15) is 0 Å². The van der Waals surface area contributed by atoms with E-state index in [1.165, 1.54) is 24.0 Å². The lowest BCUT2D eigenvalue weighted by molar-refractivity contribution is 0.299. The molecule has 0 unspecified atom stereocenters. The molecule has 1 aromatic rings. The predicted molar refractivity (Wildman–Crippen MR) is 73.0 cm³/mol. The minimum absolute atomic E-state index is 0.667. The van der Waals surface area contributed by atoms with Gasteiger partial charge in [0.15, 0.2) is 0 Å². The maximum absolute atomic E-state index is 3.83. The predicted octanol–water partition coefficient (Wildman–Crippen LogP) is 3.74. The Morgan fingerprint density at radius 1 is 1.38 bits per heavy atom. The van der Waals surface area contributed by atoms with Gasteiger partial charge in [-0.1, -0.05) is 52.3 Å². The van der Waals surface area contributed by atoms with Crippen LogP contribution in [0.4, 0.5) is 0 Å². The molecule has 1 fully saturated rings. The van der Waals surface area contributed by atoms with Crippen LogP contribution in [0.25, 0.3) is 0 Å². The van der Waals surface area contributed by atoms with E-state index in [4.69, 9.17) is 0 Å². The number of rotatable bonds is 4. The molecule has 86 valence electrons. The van der Waals surface area contributed by atoms with E-state index in [2.05, 4.69) is 59.0 Å². The van der Waals surface area contributed by atoms with E-state index >= 15 is 0 Å². The first-order valence-corrected chi connectivity index (χ1v) is 6.57. The van der Waals surface area contributed by atoms with Gasteiger partial charge < -0.3 is 5.32 Å². The first kappa shape index (κ1) is 11.9. The average Bonchev–Trinajstić information content (AvgIpc) is 2.18. The van der Waals surface area contributed by atoms with Gasteiger partial charge in [-0.15, -0.1) is 0 Å². The molecule has 1 aliphatic rings. The SMILES string of the molecule is C=C(Br)CNC1CC(c2ccc(C)cc2)C1. The molecule has 1 nitrogen and oxygen atoms in total. The summed E-state index contributed by atoms with van der Waals surface area (Å²) in [6.07, 6.45) is 2.51. The topological polar surface area (TPSA) is 12.0 Å². The summed E-state index contributed by atoms with van der Waals surface area (Å²) in [5.74, 6) is 0.752. The Labute approximate surface area is 106 Å². The molecule has 2 rings (SSSR count). The zero-order valence-electron chi connectivity index (χ0n) is 9.67. The highest BCUT2D eigenvalue weighted by atomic mass is 79.9. The van der Waals surface area contributed by atoms with Crippen molar-refractivity contribution in [2.75, 3.05) is 6.54 Å². The first-order chi connectivity index (χ1) is 7.65. The highest BCUT2D eigenvalue weighted by molar-refractivity contribution is 9.11. The summed E-state index contributed by atoms with van der Waals surface area (Å²) in [4.78, 5) is 0. The number of halogens is 1. The minimum Gasteiger partial charge on any atom is -0.309 e. The summed E-state index contributed by atoms with van der Waals surface area (Å²) in [5, 5.41) is 3.48. The second-order valence-corrected chi connectivity index (χ2v) is 5.80. The molecule has 1 aliphatic carbocycles. The van der Waals surface area contributed by atoms with E-state index in [0.717, 1.165) is 16.9 Å². The van der Waals surface area contributed by atoms with Crippen LogP contribution in [0, 0.1) is 6.92 Å². The molecule has 0 spiro atoms. The third-order valence-corrected chi connectivity index (χ3v) is 3.55. The van der Waals surface area contributed by atoms with Crippen molar-refractivity contribution in [1.29, 1.82) is 0 Å². The van der Waals surface area contributed by atoms with Crippen LogP contribution in [0.2, 0.25) is 0 Å². The van der Waals surface area contributed by atoms with Crippen molar-refractivity contribution in [3.05, 3.63) is 46.5 Å². The number of aryl methyl sites for hydroxylation is 1. The number of hydrogen-bond donors (Lipinski definition) is 1. The molecule has 0 saturated heterocycles. The molecular weight excluding hydrogens is 262 g/mol. The van der Waals surface area contributed by atoms with Crippen molar-refractivity contribution in [3.8, 4) is 0 Å². The lowest BCUT2D eigenvalue weighted by Crippen LogP contribution is -2.40. The third-order valence-electron chi connectivity index (χ3n) is 3.27. The van der Waals surface area contributed by atoms with E-state index in [1.54, 1.807) is 0 Å². The molecule has 0 bridgehead atoms. The maximum atomic E-state index is 3.83. The minimum atomic E-state index is 0.667. The van der Waals surface area contributed by atoms with Crippen molar-refractivity contribution in [2.24, 2.45) is 0 Å². The monoisotopic (exact) mass is 279 g/mol. The van der Waals surface area contributed by atoms with Crippen LogP contribution in [-0.2, 0) is 0 Å². The largest absolute Gasteiger partial charge is 0.309 e. The van der Waals surface area contributed by atoms with Crippen LogP contribution in [0.1, 0.15) is 29.9 Å². The molecule has 16 heavy (non-hydrogen) atoms. The van der Waals surface area contributed by atoms with Crippen LogP contribution in [-0.4, -0.2) is 12.6 Å². The highest BCUT2D eigenvalue weighted by Gasteiger charge is 2.29. The molecule has 2 heteroatoms. The third kappa shape index (κ3) is 2.96. The van der Waals surface area contributed by atoms with Crippen LogP contribution in [0.15, 0.2) is 35.3 Å². The van der Waals surface area contributed by atoms with Gasteiger partial charge in [0.1, 0.15) is 0 Å². The van der Waals surface area contributed by atoms with Crippen molar-refractivity contribution in [3.63, 3.8) is 0 Å². The average molecular weight is 280 g/mol. The standard InChI is InChI=1S/C14H18BrN/c1-10-3-5-12(6-4-10)13-7-14(8-13)16-9-11(2)15/h3-6,13-14,16H,2,7-9H2,1H3. The summed E-state index contributed by atoms with van der Waals surface area (Å²) in [6.45, 7) is 6.84. The van der Waals surface area contributed by atoms with E-state index < -0.39 is 0 Å². The molecule has 0 aromatic heterocycles. The molecular formula is C14H18BrN. The smallest absolute Gasteiger partial charge is 0.0268 e. The molecule has 1 aromatic carbocycles. The van der Waals surface area contributed by atoms with Gasteiger partial charge in [0.05, 0.1) is 0 Å². The van der Waals surface area contributed by atoms with E-state index in [0.29, 0.717) is 6.04 Å². The second-order valence-electron chi connectivity index (χ2n) is 4.67. The molecule has 0 radical (unpaired) electrons. The van der Waals surface area contributed by atoms with Gasteiger partial charge >= 0.3 is 0 Å². The van der Waals surface area contributed by atoms with Gasteiger partial charge in [0.25, 0.3) is 0 Å². The summed E-state index contributed by atoms with van der Waals surface area (Å²) in [6, 6.07) is 9.60. The quantitative estimate of drug-likeness (QED) is 0.886. The number of nitrogens with one attached hydrogen (secondary N) is 1. The number of benzene rings is 1. The fraction of sp³-hybridized carbons (Fsp3) is 0.429. The zero-order valence-corrected chi connectivity index (χ0v) is 11.3. The summed E-state index contributed by atoms with van der Waals surface area (Å²) in [7, 11) is 0. The van der Waals surface area contributed by atoms with Gasteiger partial charge in [-0.25, -0.2) is 0 Å². The van der Waals surface area contributed by atoms with E-state index in [1.807, 2.05) is 0 Å². The Balaban J connectivity index is 1.79. The Morgan fingerprint density at radius 2 is 2.00 bits per heavy atom. The Hall–Kier alpha value is -0.600. The van der Waals surface area contributed by atoms with Crippen molar-refractivity contribution >= 4 is 15.9 Å². The van der Waals surface area contributed by atoms with Crippen LogP contribution in [0.5, 0.6) is 0 Å². The molecule has 1 N–H and O–H groups in total. The van der Waals surface area contributed by atoms with E-state index in [-0.39, 0.29) is 0 Å². The van der Waals surface area contributed by atoms with Crippen molar-refractivity contribution < 1.29 is 0 Å². The van der Waals surface area contributed by atoms with Gasteiger partial charge in [0, 0.05) is 17.1 Å². The lowest BCUT2D eigenvalue weighted by Gasteiger charge is -2.36. The normalized spacial score (nSPS) is 23.9. The Bertz CT molecular complexity index is 363. The molecule has 0 amide bonds. The maximum Gasteiger partial charge on any atom is 0.0268 e. The van der Waals surface area contributed by atoms with Gasteiger partial charge in [-0.3, -0.25) is 0 Å².